The SMILES string of the molecule is CC(C)CCC[C@@H](C)[C@H]1CC[C@H]2[C@@H]3CC=C4C[C@@H](OC5O[C@H](COCc6ccccc6)[C@H](OCc6ccccc6)[C@H](O)[C@H]5OCc5ccccc5)CC[C@]4(C)[C@H]3CC[C@]12C. The van der Waals surface area contributed by atoms with Gasteiger partial charge in [0.25, 0.3) is 0 Å². The second-order valence-corrected chi connectivity index (χ2v) is 20.3. The van der Waals surface area contributed by atoms with Gasteiger partial charge >= 0.3 is 0 Å². The summed E-state index contributed by atoms with van der Waals surface area (Å²) in [6.07, 6.45) is 12.8. The van der Waals surface area contributed by atoms with Crippen LogP contribution in [0.5, 0.6) is 0 Å². The quantitative estimate of drug-likeness (QED) is 0.137. The first-order valence-corrected chi connectivity index (χ1v) is 23.7. The highest BCUT2D eigenvalue weighted by Crippen LogP contribution is 2.67. The summed E-state index contributed by atoms with van der Waals surface area (Å²) < 4.78 is 33.4. The van der Waals surface area contributed by atoms with Crippen LogP contribution in [0.3, 0.4) is 0 Å². The van der Waals surface area contributed by atoms with Gasteiger partial charge in [-0.2, -0.15) is 0 Å². The molecule has 0 spiro atoms. The number of fused-ring (bicyclic) bond motifs is 5. The maximum atomic E-state index is 12.3. The van der Waals surface area contributed by atoms with Gasteiger partial charge in [-0.3, -0.25) is 0 Å². The molecule has 6 heteroatoms. The Morgan fingerprint density at radius 1 is 0.717 bits per heavy atom. The van der Waals surface area contributed by atoms with E-state index < -0.39 is 30.7 Å². The van der Waals surface area contributed by atoms with E-state index in [0.29, 0.717) is 25.2 Å². The van der Waals surface area contributed by atoms with Crippen molar-refractivity contribution in [1.29, 1.82) is 0 Å². The van der Waals surface area contributed by atoms with Crippen LogP contribution in [0, 0.1) is 46.3 Å². The predicted octanol–water partition coefficient (Wildman–Crippen LogP) is 11.9. The van der Waals surface area contributed by atoms with Crippen LogP contribution >= 0.6 is 0 Å². The minimum absolute atomic E-state index is 0.0232. The van der Waals surface area contributed by atoms with Crippen molar-refractivity contribution in [2.75, 3.05) is 6.61 Å². The fourth-order valence-corrected chi connectivity index (χ4v) is 12.9. The van der Waals surface area contributed by atoms with Gasteiger partial charge in [0, 0.05) is 0 Å². The van der Waals surface area contributed by atoms with Crippen molar-refractivity contribution in [3.63, 3.8) is 0 Å². The lowest BCUT2D eigenvalue weighted by Gasteiger charge is -2.58. The monoisotopic (exact) mass is 819 g/mol. The molecule has 4 aliphatic carbocycles. The van der Waals surface area contributed by atoms with E-state index in [4.69, 9.17) is 23.7 Å². The van der Waals surface area contributed by atoms with Crippen LogP contribution in [-0.4, -0.2) is 48.5 Å². The van der Waals surface area contributed by atoms with E-state index in [1.807, 2.05) is 66.7 Å². The number of ether oxygens (including phenoxy) is 5. The lowest BCUT2D eigenvalue weighted by molar-refractivity contribution is -0.330. The third-order valence-corrected chi connectivity index (χ3v) is 16.2. The highest BCUT2D eigenvalue weighted by atomic mass is 16.7. The maximum absolute atomic E-state index is 12.3. The van der Waals surface area contributed by atoms with E-state index in [-0.39, 0.29) is 18.1 Å². The molecule has 5 aliphatic rings. The molecule has 3 aromatic rings. The zero-order chi connectivity index (χ0) is 41.7. The molecule has 1 aliphatic heterocycles. The molecule has 0 bridgehead atoms. The van der Waals surface area contributed by atoms with E-state index in [1.165, 1.54) is 51.4 Å². The van der Waals surface area contributed by atoms with E-state index >= 15 is 0 Å². The van der Waals surface area contributed by atoms with Gasteiger partial charge in [0.15, 0.2) is 6.29 Å². The summed E-state index contributed by atoms with van der Waals surface area (Å²) in [5, 5.41) is 12.3. The molecule has 13 atom stereocenters. The largest absolute Gasteiger partial charge is 0.387 e. The number of hydrogen-bond acceptors (Lipinski definition) is 6. The smallest absolute Gasteiger partial charge is 0.187 e. The summed E-state index contributed by atoms with van der Waals surface area (Å²) in [7, 11) is 0. The van der Waals surface area contributed by atoms with Crippen LogP contribution in [-0.2, 0) is 43.5 Å². The third kappa shape index (κ3) is 9.70. The molecule has 3 saturated carbocycles. The highest BCUT2D eigenvalue weighted by Gasteiger charge is 2.59. The van der Waals surface area contributed by atoms with Gasteiger partial charge in [-0.15, -0.1) is 0 Å². The molecule has 326 valence electrons. The molecule has 0 amide bonds. The summed E-state index contributed by atoms with van der Waals surface area (Å²) in [5.74, 6) is 4.88. The number of hydrogen-bond donors (Lipinski definition) is 1. The topological polar surface area (TPSA) is 66.4 Å². The Morgan fingerprint density at radius 3 is 2.00 bits per heavy atom. The summed E-state index contributed by atoms with van der Waals surface area (Å²) in [4.78, 5) is 0. The summed E-state index contributed by atoms with van der Waals surface area (Å²) >= 11 is 0. The van der Waals surface area contributed by atoms with Crippen LogP contribution in [0.1, 0.15) is 122 Å². The molecule has 0 aromatic heterocycles. The summed E-state index contributed by atoms with van der Waals surface area (Å²) in [5.41, 5.74) is 5.44. The Labute approximate surface area is 361 Å². The molecule has 8 rings (SSSR count). The molecule has 4 fully saturated rings. The Hall–Kier alpha value is -2.84. The molecule has 1 unspecified atom stereocenters. The standard InChI is InChI=1S/C54H74O6/c1-37(2)16-15-17-38(3)45-26-27-46-44-25-24-42-32-43(28-30-53(42,4)47(44)29-31-54(45,46)5)59-52-51(58-35-41-22-13-8-14-23-41)49(55)50(57-34-40-20-11-7-12-21-40)48(60-52)36-56-33-39-18-9-6-10-19-39/h6-14,18-24,37-38,43-52,55H,15-17,25-36H2,1-5H3/t38-,43+,44+,45-,46+,47+,48-,49+,50+,51-,52?,53+,54-/m1/s1. The first-order valence-electron chi connectivity index (χ1n) is 23.7. The van der Waals surface area contributed by atoms with Crippen molar-refractivity contribution in [3.8, 4) is 0 Å². The van der Waals surface area contributed by atoms with Crippen molar-refractivity contribution < 1.29 is 28.8 Å². The minimum Gasteiger partial charge on any atom is -0.387 e. The maximum Gasteiger partial charge on any atom is 0.187 e. The molecule has 1 saturated heterocycles. The lowest BCUT2D eigenvalue weighted by atomic mass is 9.47. The highest BCUT2D eigenvalue weighted by molar-refractivity contribution is 5.26. The number of aliphatic hydroxyl groups is 1. The van der Waals surface area contributed by atoms with Gasteiger partial charge in [-0.1, -0.05) is 157 Å². The second-order valence-electron chi connectivity index (χ2n) is 20.3. The van der Waals surface area contributed by atoms with E-state index in [1.54, 1.807) is 5.57 Å². The van der Waals surface area contributed by atoms with Crippen LogP contribution in [0.25, 0.3) is 0 Å². The fraction of sp³-hybridized carbons (Fsp3) is 0.630. The molecular formula is C54H74O6. The molecule has 60 heavy (non-hydrogen) atoms. The Balaban J connectivity index is 0.974. The van der Waals surface area contributed by atoms with Crippen LogP contribution in [0.2, 0.25) is 0 Å². The fourth-order valence-electron chi connectivity index (χ4n) is 12.9. The number of rotatable bonds is 17. The normalized spacial score (nSPS) is 35.6. The Morgan fingerprint density at radius 2 is 1.35 bits per heavy atom. The average Bonchev–Trinajstić information content (AvgIpc) is 3.62. The molecule has 1 N–H and O–H groups in total. The van der Waals surface area contributed by atoms with Crippen LogP contribution < -0.4 is 0 Å². The lowest BCUT2D eigenvalue weighted by Crippen LogP contribution is -2.61. The third-order valence-electron chi connectivity index (χ3n) is 16.2. The van der Waals surface area contributed by atoms with Gasteiger partial charge in [0.1, 0.15) is 24.4 Å². The molecule has 1 heterocycles. The zero-order valence-electron chi connectivity index (χ0n) is 37.3. The van der Waals surface area contributed by atoms with Gasteiger partial charge in [0.2, 0.25) is 0 Å². The van der Waals surface area contributed by atoms with Crippen molar-refractivity contribution in [1.82, 2.24) is 0 Å². The molecule has 0 radical (unpaired) electrons. The predicted molar refractivity (Wildman–Crippen MR) is 239 cm³/mol. The van der Waals surface area contributed by atoms with Gasteiger partial charge in [-0.25, -0.2) is 0 Å². The van der Waals surface area contributed by atoms with Crippen molar-refractivity contribution in [3.05, 3.63) is 119 Å². The minimum atomic E-state index is -0.991. The number of aliphatic hydroxyl groups excluding tert-OH is 1. The molecular weight excluding hydrogens is 745 g/mol. The number of benzene rings is 3. The molecule has 6 nitrogen and oxygen atoms in total. The van der Waals surface area contributed by atoms with E-state index in [2.05, 4.69) is 65.0 Å². The summed E-state index contributed by atoms with van der Waals surface area (Å²) in [6, 6.07) is 30.4. The van der Waals surface area contributed by atoms with Gasteiger partial charge < -0.3 is 28.8 Å². The number of allylic oxidation sites excluding steroid dienone is 1. The van der Waals surface area contributed by atoms with Crippen molar-refractivity contribution >= 4 is 0 Å². The Bertz CT molecular complexity index is 1800. The summed E-state index contributed by atoms with van der Waals surface area (Å²) in [6.45, 7) is 14.0. The van der Waals surface area contributed by atoms with E-state index in [9.17, 15) is 5.11 Å². The van der Waals surface area contributed by atoms with Crippen LogP contribution in [0.15, 0.2) is 103 Å². The zero-order valence-corrected chi connectivity index (χ0v) is 37.3. The van der Waals surface area contributed by atoms with Crippen LogP contribution in [0.4, 0.5) is 0 Å². The van der Waals surface area contributed by atoms with Gasteiger partial charge in [-0.05, 0) is 114 Å². The molecule has 3 aromatic carbocycles. The second kappa shape index (κ2) is 19.7. The van der Waals surface area contributed by atoms with Gasteiger partial charge in [0.05, 0.1) is 32.5 Å². The Kier molecular flexibility index (Phi) is 14.4. The average molecular weight is 819 g/mol. The first-order chi connectivity index (χ1) is 29.1. The van der Waals surface area contributed by atoms with Crippen molar-refractivity contribution in [2.24, 2.45) is 46.3 Å². The van der Waals surface area contributed by atoms with E-state index in [0.717, 1.165) is 71.5 Å². The first kappa shape index (κ1) is 43.8. The van der Waals surface area contributed by atoms with Crippen molar-refractivity contribution in [2.45, 2.75) is 162 Å².